The summed E-state index contributed by atoms with van der Waals surface area (Å²) in [5, 5.41) is 2.65. The van der Waals surface area contributed by atoms with Crippen LogP contribution in [-0.4, -0.2) is 17.5 Å². The molecule has 0 saturated heterocycles. The maximum absolute atomic E-state index is 12.1. The zero-order chi connectivity index (χ0) is 15.9. The topological polar surface area (TPSA) is 51.2 Å². The van der Waals surface area contributed by atoms with E-state index in [2.05, 4.69) is 15.0 Å². The average molecular weight is 327 g/mol. The summed E-state index contributed by atoms with van der Waals surface area (Å²) in [5.41, 5.74) is 1.37. The van der Waals surface area contributed by atoms with E-state index in [4.69, 9.17) is 11.6 Å². The number of aromatic nitrogens is 1. The van der Waals surface area contributed by atoms with E-state index >= 15 is 0 Å². The zero-order valence-electron chi connectivity index (χ0n) is 11.4. The molecule has 0 radical (unpaired) electrons. The van der Waals surface area contributed by atoms with Gasteiger partial charge in [-0.25, -0.2) is 0 Å². The van der Waals surface area contributed by atoms with Gasteiger partial charge in [-0.3, -0.25) is 9.78 Å². The molecule has 22 heavy (non-hydrogen) atoms. The van der Waals surface area contributed by atoms with Gasteiger partial charge in [-0.15, -0.1) is 0 Å². The van der Waals surface area contributed by atoms with Crippen molar-refractivity contribution in [1.82, 2.24) is 4.98 Å². The minimum Gasteiger partial charge on any atom is -0.433 e. The lowest BCUT2D eigenvalue weighted by Gasteiger charge is -2.09. The van der Waals surface area contributed by atoms with Crippen molar-refractivity contribution in [2.75, 3.05) is 5.32 Å². The van der Waals surface area contributed by atoms with Gasteiger partial charge < -0.3 is 10.1 Å². The number of amides is 1. The van der Waals surface area contributed by atoms with Crippen molar-refractivity contribution < 1.29 is 18.3 Å². The van der Waals surface area contributed by atoms with Crippen LogP contribution >= 0.6 is 11.6 Å². The molecule has 1 aromatic carbocycles. The van der Waals surface area contributed by atoms with E-state index in [0.29, 0.717) is 12.1 Å². The van der Waals surface area contributed by atoms with Gasteiger partial charge >= 0.3 is 6.61 Å². The number of rotatable bonds is 6. The summed E-state index contributed by atoms with van der Waals surface area (Å²) >= 11 is 5.81. The van der Waals surface area contributed by atoms with Crippen molar-refractivity contribution >= 4 is 23.2 Å². The molecule has 0 aliphatic carbocycles. The monoisotopic (exact) mass is 326 g/mol. The number of halogens is 3. The number of anilines is 1. The molecule has 0 unspecified atom stereocenters. The third-order valence-corrected chi connectivity index (χ3v) is 3.09. The molecule has 116 valence electrons. The van der Waals surface area contributed by atoms with E-state index in [-0.39, 0.29) is 23.1 Å². The van der Waals surface area contributed by atoms with Gasteiger partial charge in [-0.2, -0.15) is 8.78 Å². The molecule has 0 spiro atoms. The van der Waals surface area contributed by atoms with Crippen LogP contribution in [0.2, 0.25) is 5.02 Å². The summed E-state index contributed by atoms with van der Waals surface area (Å²) < 4.78 is 28.5. The summed E-state index contributed by atoms with van der Waals surface area (Å²) in [6, 6.07) is 7.78. The van der Waals surface area contributed by atoms with Gasteiger partial charge in [0.1, 0.15) is 5.75 Å². The number of hydrogen-bond donors (Lipinski definition) is 1. The number of nitrogens with zero attached hydrogens (tertiary/aromatic N) is 1. The van der Waals surface area contributed by atoms with Gasteiger partial charge in [-0.05, 0) is 36.2 Å². The molecule has 0 fully saturated rings. The maximum Gasteiger partial charge on any atom is 0.387 e. The van der Waals surface area contributed by atoms with Crippen LogP contribution in [0.5, 0.6) is 5.75 Å². The molecule has 2 aromatic rings. The number of carbonyl (C=O) groups is 1. The third-order valence-electron chi connectivity index (χ3n) is 2.80. The van der Waals surface area contributed by atoms with Gasteiger partial charge in [0, 0.05) is 24.5 Å². The molecule has 4 nitrogen and oxygen atoms in total. The molecule has 1 amide bonds. The molecule has 1 aromatic heterocycles. The Morgan fingerprint density at radius 3 is 2.82 bits per heavy atom. The van der Waals surface area contributed by atoms with Crippen LogP contribution in [0.15, 0.2) is 42.7 Å². The summed E-state index contributed by atoms with van der Waals surface area (Å²) in [6.07, 6.45) is 4.19. The number of aryl methyl sites for hydroxylation is 1. The molecule has 0 aliphatic heterocycles. The highest BCUT2D eigenvalue weighted by molar-refractivity contribution is 6.32. The zero-order valence-corrected chi connectivity index (χ0v) is 12.2. The smallest absolute Gasteiger partial charge is 0.387 e. The van der Waals surface area contributed by atoms with Gasteiger partial charge in [0.25, 0.3) is 0 Å². The first-order valence-electron chi connectivity index (χ1n) is 6.47. The van der Waals surface area contributed by atoms with Gasteiger partial charge in [0.15, 0.2) is 0 Å². The maximum atomic E-state index is 12.1. The van der Waals surface area contributed by atoms with E-state index in [1.165, 1.54) is 18.2 Å². The summed E-state index contributed by atoms with van der Waals surface area (Å²) in [4.78, 5) is 15.8. The number of ether oxygens (including phenoxy) is 1. The van der Waals surface area contributed by atoms with Crippen molar-refractivity contribution in [1.29, 1.82) is 0 Å². The molecule has 0 saturated carbocycles. The SMILES string of the molecule is O=C(CCc1cccnc1)Nc1ccc(OC(F)F)c(Cl)c1. The largest absolute Gasteiger partial charge is 0.433 e. The van der Waals surface area contributed by atoms with E-state index in [1.54, 1.807) is 18.5 Å². The molecule has 0 atom stereocenters. The Labute approximate surface area is 131 Å². The Morgan fingerprint density at radius 1 is 1.36 bits per heavy atom. The lowest BCUT2D eigenvalue weighted by atomic mass is 10.1. The van der Waals surface area contributed by atoms with Gasteiger partial charge in [0.2, 0.25) is 5.91 Å². The predicted octanol–water partition coefficient (Wildman–Crippen LogP) is 3.91. The molecule has 2 rings (SSSR count). The van der Waals surface area contributed by atoms with Crippen LogP contribution in [0.3, 0.4) is 0 Å². The van der Waals surface area contributed by atoms with Gasteiger partial charge in [0.05, 0.1) is 5.02 Å². The number of hydrogen-bond acceptors (Lipinski definition) is 3. The highest BCUT2D eigenvalue weighted by Gasteiger charge is 2.10. The highest BCUT2D eigenvalue weighted by Crippen LogP contribution is 2.29. The van der Waals surface area contributed by atoms with Crippen molar-refractivity contribution in [2.24, 2.45) is 0 Å². The molecule has 0 aliphatic rings. The predicted molar refractivity (Wildman–Crippen MR) is 79.3 cm³/mol. The Hall–Kier alpha value is -2.21. The fourth-order valence-corrected chi connectivity index (χ4v) is 2.02. The lowest BCUT2D eigenvalue weighted by Crippen LogP contribution is -2.12. The second-order valence-corrected chi connectivity index (χ2v) is 4.84. The second-order valence-electron chi connectivity index (χ2n) is 4.43. The number of pyridine rings is 1. The van der Waals surface area contributed by atoms with Crippen LogP contribution in [0.1, 0.15) is 12.0 Å². The second kappa shape index (κ2) is 7.70. The quantitative estimate of drug-likeness (QED) is 0.875. The van der Waals surface area contributed by atoms with Gasteiger partial charge in [-0.1, -0.05) is 17.7 Å². The Bertz CT molecular complexity index is 639. The first kappa shape index (κ1) is 16.2. The lowest BCUT2D eigenvalue weighted by molar-refractivity contribution is -0.116. The number of nitrogens with one attached hydrogen (secondary N) is 1. The Kier molecular flexibility index (Phi) is 5.66. The summed E-state index contributed by atoms with van der Waals surface area (Å²) in [7, 11) is 0. The number of carbonyl (C=O) groups excluding carboxylic acids is 1. The molecular formula is C15H13ClF2N2O2. The standard InChI is InChI=1S/C15H13ClF2N2O2/c16-12-8-11(4-5-13(12)22-15(17)18)20-14(21)6-3-10-2-1-7-19-9-10/h1-2,4-5,7-9,15H,3,6H2,(H,20,21). The Morgan fingerprint density at radius 2 is 2.18 bits per heavy atom. The fourth-order valence-electron chi connectivity index (χ4n) is 1.80. The average Bonchev–Trinajstić information content (AvgIpc) is 2.49. The van der Waals surface area contributed by atoms with Crippen LogP contribution in [0, 0.1) is 0 Å². The van der Waals surface area contributed by atoms with E-state index in [0.717, 1.165) is 5.56 Å². The summed E-state index contributed by atoms with van der Waals surface area (Å²) in [6.45, 7) is -2.95. The molecule has 1 heterocycles. The first-order chi connectivity index (χ1) is 10.5. The van der Waals surface area contributed by atoms with E-state index in [9.17, 15) is 13.6 Å². The fraction of sp³-hybridized carbons (Fsp3) is 0.200. The molecule has 1 N–H and O–H groups in total. The Balaban J connectivity index is 1.90. The van der Waals surface area contributed by atoms with Crippen LogP contribution in [-0.2, 0) is 11.2 Å². The van der Waals surface area contributed by atoms with E-state index in [1.807, 2.05) is 6.07 Å². The summed E-state index contributed by atoms with van der Waals surface area (Å²) in [5.74, 6) is -0.340. The van der Waals surface area contributed by atoms with E-state index < -0.39 is 6.61 Å². The van der Waals surface area contributed by atoms with Crippen LogP contribution in [0.25, 0.3) is 0 Å². The van der Waals surface area contributed by atoms with Crippen LogP contribution < -0.4 is 10.1 Å². The van der Waals surface area contributed by atoms with Crippen molar-refractivity contribution in [3.8, 4) is 5.75 Å². The number of alkyl halides is 2. The van der Waals surface area contributed by atoms with Crippen molar-refractivity contribution in [3.05, 3.63) is 53.3 Å². The molecule has 0 bridgehead atoms. The first-order valence-corrected chi connectivity index (χ1v) is 6.85. The normalized spacial score (nSPS) is 10.5. The van der Waals surface area contributed by atoms with Crippen molar-refractivity contribution in [3.63, 3.8) is 0 Å². The molecule has 7 heteroatoms. The minimum atomic E-state index is -2.95. The number of benzene rings is 1. The highest BCUT2D eigenvalue weighted by atomic mass is 35.5. The third kappa shape index (κ3) is 4.96. The molecular weight excluding hydrogens is 314 g/mol. The van der Waals surface area contributed by atoms with Crippen molar-refractivity contribution in [2.45, 2.75) is 19.5 Å². The van der Waals surface area contributed by atoms with Crippen LogP contribution in [0.4, 0.5) is 14.5 Å². The minimum absolute atomic E-state index is 0.00496.